The van der Waals surface area contributed by atoms with Crippen molar-refractivity contribution in [3.05, 3.63) is 45.6 Å². The predicted octanol–water partition coefficient (Wildman–Crippen LogP) is 4.80. The topological polar surface area (TPSA) is 18.5 Å². The van der Waals surface area contributed by atoms with Crippen molar-refractivity contribution in [1.29, 1.82) is 0 Å². The average molecular weight is 309 g/mol. The highest BCUT2D eigenvalue weighted by Gasteiger charge is 2.18. The lowest BCUT2D eigenvalue weighted by atomic mass is 10.1. The van der Waals surface area contributed by atoms with E-state index in [1.165, 1.54) is 10.4 Å². The van der Waals surface area contributed by atoms with Gasteiger partial charge in [-0.3, -0.25) is 0 Å². The molecule has 3 rings (SSSR count). The van der Waals surface area contributed by atoms with Crippen molar-refractivity contribution in [2.75, 3.05) is 13.2 Å². The van der Waals surface area contributed by atoms with Crippen LogP contribution in [0.3, 0.4) is 0 Å². The Hall–Kier alpha value is -1.19. The minimum Gasteiger partial charge on any atom is -0.490 e. The average Bonchev–Trinajstić information content (AvgIpc) is 2.83. The molecule has 1 aromatic carbocycles. The summed E-state index contributed by atoms with van der Waals surface area (Å²) in [5, 5.41) is 1.98. The zero-order valence-corrected chi connectivity index (χ0v) is 13.0. The molecule has 106 valence electrons. The molecule has 0 radical (unpaired) electrons. The second-order valence-electron chi connectivity index (χ2n) is 4.78. The molecule has 1 aliphatic rings. The molecule has 1 aliphatic heterocycles. The van der Waals surface area contributed by atoms with Gasteiger partial charge in [0, 0.05) is 11.3 Å². The molecule has 1 atom stereocenters. The lowest BCUT2D eigenvalue weighted by Gasteiger charge is -2.13. The van der Waals surface area contributed by atoms with Crippen LogP contribution in [0.1, 0.15) is 34.7 Å². The molecule has 0 N–H and O–H groups in total. The van der Waals surface area contributed by atoms with Gasteiger partial charge >= 0.3 is 0 Å². The van der Waals surface area contributed by atoms with Crippen LogP contribution in [0.15, 0.2) is 29.6 Å². The van der Waals surface area contributed by atoms with Crippen LogP contribution in [-0.2, 0) is 6.42 Å². The van der Waals surface area contributed by atoms with Crippen LogP contribution in [0.2, 0.25) is 0 Å². The Balaban J connectivity index is 1.92. The van der Waals surface area contributed by atoms with Crippen molar-refractivity contribution in [2.45, 2.75) is 25.1 Å². The van der Waals surface area contributed by atoms with Gasteiger partial charge in [-0.2, -0.15) is 0 Å². The van der Waals surface area contributed by atoms with E-state index in [0.717, 1.165) is 29.9 Å². The maximum Gasteiger partial charge on any atom is 0.161 e. The fraction of sp³-hybridized carbons (Fsp3) is 0.375. The molecule has 0 saturated carbocycles. The normalized spacial score (nSPS) is 15.7. The molecule has 1 unspecified atom stereocenters. The first kappa shape index (κ1) is 13.8. The summed E-state index contributed by atoms with van der Waals surface area (Å²) in [5.74, 6) is 1.62. The molecule has 0 amide bonds. The fourth-order valence-electron chi connectivity index (χ4n) is 2.35. The fourth-order valence-corrected chi connectivity index (χ4v) is 3.78. The summed E-state index contributed by atoms with van der Waals surface area (Å²) in [4.78, 5) is 1.23. The molecule has 0 saturated heterocycles. The molecule has 1 aromatic heterocycles. The molecule has 2 nitrogen and oxygen atoms in total. The maximum absolute atomic E-state index is 6.65. The van der Waals surface area contributed by atoms with Crippen molar-refractivity contribution in [1.82, 2.24) is 0 Å². The second kappa shape index (κ2) is 6.06. The van der Waals surface area contributed by atoms with Gasteiger partial charge in [0.1, 0.15) is 0 Å². The number of aryl methyl sites for hydroxylation is 1. The van der Waals surface area contributed by atoms with E-state index in [9.17, 15) is 0 Å². The van der Waals surface area contributed by atoms with Gasteiger partial charge < -0.3 is 9.47 Å². The first-order valence-electron chi connectivity index (χ1n) is 6.89. The standard InChI is InChI=1S/C16H17ClO2S/c1-2-11-6-9-20-16(11)15(17)12-4-5-13-14(10-12)19-8-3-7-18-13/h4-6,9-10,15H,2-3,7-8H2,1H3. The monoisotopic (exact) mass is 308 g/mol. The minimum atomic E-state index is -0.123. The number of ether oxygens (including phenoxy) is 2. The molecule has 20 heavy (non-hydrogen) atoms. The molecule has 0 spiro atoms. The van der Waals surface area contributed by atoms with Crippen molar-refractivity contribution < 1.29 is 9.47 Å². The quantitative estimate of drug-likeness (QED) is 0.758. The number of halogens is 1. The Kier molecular flexibility index (Phi) is 4.18. The summed E-state index contributed by atoms with van der Waals surface area (Å²) >= 11 is 8.37. The van der Waals surface area contributed by atoms with E-state index in [4.69, 9.17) is 21.1 Å². The van der Waals surface area contributed by atoms with Crippen LogP contribution in [0.4, 0.5) is 0 Å². The van der Waals surface area contributed by atoms with E-state index < -0.39 is 0 Å². The first-order chi connectivity index (χ1) is 9.79. The zero-order valence-electron chi connectivity index (χ0n) is 11.4. The largest absolute Gasteiger partial charge is 0.490 e. The Bertz CT molecular complexity index is 594. The summed E-state index contributed by atoms with van der Waals surface area (Å²) in [5.41, 5.74) is 2.38. The minimum absolute atomic E-state index is 0.123. The van der Waals surface area contributed by atoms with Gasteiger partial charge in [-0.15, -0.1) is 22.9 Å². The number of rotatable bonds is 3. The lowest BCUT2D eigenvalue weighted by molar-refractivity contribution is 0.297. The van der Waals surface area contributed by atoms with Gasteiger partial charge in [-0.1, -0.05) is 13.0 Å². The van der Waals surface area contributed by atoms with Gasteiger partial charge in [-0.25, -0.2) is 0 Å². The second-order valence-corrected chi connectivity index (χ2v) is 6.17. The SMILES string of the molecule is CCc1ccsc1C(Cl)c1ccc2c(c1)OCCCO2. The van der Waals surface area contributed by atoms with Crippen LogP contribution in [0.5, 0.6) is 11.5 Å². The predicted molar refractivity (Wildman–Crippen MR) is 83.4 cm³/mol. The van der Waals surface area contributed by atoms with Crippen LogP contribution >= 0.6 is 22.9 Å². The number of hydrogen-bond donors (Lipinski definition) is 0. The lowest BCUT2D eigenvalue weighted by Crippen LogP contribution is -1.98. The van der Waals surface area contributed by atoms with Gasteiger partial charge in [0.15, 0.2) is 11.5 Å². The van der Waals surface area contributed by atoms with Crippen LogP contribution in [0.25, 0.3) is 0 Å². The number of fused-ring (bicyclic) bond motifs is 1. The molecule has 0 fully saturated rings. The van der Waals surface area contributed by atoms with Crippen molar-refractivity contribution in [3.8, 4) is 11.5 Å². The maximum atomic E-state index is 6.65. The highest BCUT2D eigenvalue weighted by atomic mass is 35.5. The number of hydrogen-bond acceptors (Lipinski definition) is 3. The van der Waals surface area contributed by atoms with Crippen LogP contribution < -0.4 is 9.47 Å². The van der Waals surface area contributed by atoms with Gasteiger partial charge in [0.2, 0.25) is 0 Å². The molecule has 0 aliphatic carbocycles. The molecule has 2 heterocycles. The van der Waals surface area contributed by atoms with E-state index in [-0.39, 0.29) is 5.38 Å². The smallest absolute Gasteiger partial charge is 0.161 e. The summed E-state index contributed by atoms with van der Waals surface area (Å²) < 4.78 is 11.4. The molecule has 4 heteroatoms. The van der Waals surface area contributed by atoms with Gasteiger partial charge in [-0.05, 0) is 41.1 Å². The van der Waals surface area contributed by atoms with Crippen LogP contribution in [-0.4, -0.2) is 13.2 Å². The third-order valence-corrected chi connectivity index (χ3v) is 5.08. The van der Waals surface area contributed by atoms with Gasteiger partial charge in [0.25, 0.3) is 0 Å². The molecular weight excluding hydrogens is 292 g/mol. The first-order valence-corrected chi connectivity index (χ1v) is 8.21. The molecular formula is C16H17ClO2S. The number of alkyl halides is 1. The number of thiophene rings is 1. The van der Waals surface area contributed by atoms with E-state index in [2.05, 4.69) is 18.4 Å². The highest BCUT2D eigenvalue weighted by molar-refractivity contribution is 7.10. The third-order valence-electron chi connectivity index (χ3n) is 3.46. The van der Waals surface area contributed by atoms with Crippen molar-refractivity contribution >= 4 is 22.9 Å². The summed E-state index contributed by atoms with van der Waals surface area (Å²) in [6.07, 6.45) is 1.92. The zero-order chi connectivity index (χ0) is 13.9. The summed E-state index contributed by atoms with van der Waals surface area (Å²) in [6.45, 7) is 3.56. The Morgan fingerprint density at radius 3 is 2.80 bits per heavy atom. The highest BCUT2D eigenvalue weighted by Crippen LogP contribution is 2.39. The molecule has 0 bridgehead atoms. The Morgan fingerprint density at radius 1 is 1.20 bits per heavy atom. The van der Waals surface area contributed by atoms with E-state index in [1.807, 2.05) is 18.2 Å². The Labute approximate surface area is 128 Å². The summed E-state index contributed by atoms with van der Waals surface area (Å²) in [6, 6.07) is 8.16. The number of benzene rings is 1. The van der Waals surface area contributed by atoms with Gasteiger partial charge in [0.05, 0.1) is 18.6 Å². The summed E-state index contributed by atoms with van der Waals surface area (Å²) in [7, 11) is 0. The van der Waals surface area contributed by atoms with E-state index >= 15 is 0 Å². The van der Waals surface area contributed by atoms with Crippen LogP contribution in [0, 0.1) is 0 Å². The molecule has 2 aromatic rings. The van der Waals surface area contributed by atoms with Crippen molar-refractivity contribution in [3.63, 3.8) is 0 Å². The van der Waals surface area contributed by atoms with E-state index in [0.29, 0.717) is 13.2 Å². The van der Waals surface area contributed by atoms with E-state index in [1.54, 1.807) is 11.3 Å². The Morgan fingerprint density at radius 2 is 2.00 bits per heavy atom. The third kappa shape index (κ3) is 2.65. The van der Waals surface area contributed by atoms with Crippen molar-refractivity contribution in [2.24, 2.45) is 0 Å².